The van der Waals surface area contributed by atoms with Gasteiger partial charge in [-0.2, -0.15) is 0 Å². The molecule has 0 spiro atoms. The van der Waals surface area contributed by atoms with Crippen molar-refractivity contribution in [2.24, 2.45) is 0 Å². The molecule has 0 aliphatic heterocycles. The van der Waals surface area contributed by atoms with E-state index in [1.54, 1.807) is 0 Å². The SMILES string of the molecule is CCC(Nc1cccc2c1CCCC2)c1cccc(Br)c1. The first-order valence-corrected chi connectivity index (χ1v) is 8.70. The zero-order valence-electron chi connectivity index (χ0n) is 12.5. The van der Waals surface area contributed by atoms with Crippen LogP contribution in [0.4, 0.5) is 5.69 Å². The lowest BCUT2D eigenvalue weighted by molar-refractivity contribution is 0.681. The largest absolute Gasteiger partial charge is 0.378 e. The van der Waals surface area contributed by atoms with Crippen molar-refractivity contribution < 1.29 is 0 Å². The summed E-state index contributed by atoms with van der Waals surface area (Å²) in [5.74, 6) is 0. The summed E-state index contributed by atoms with van der Waals surface area (Å²) in [6, 6.07) is 15.7. The second-order valence-electron chi connectivity index (χ2n) is 5.81. The van der Waals surface area contributed by atoms with Crippen molar-refractivity contribution in [3.05, 3.63) is 63.6 Å². The molecule has 110 valence electrons. The molecule has 0 amide bonds. The van der Waals surface area contributed by atoms with Gasteiger partial charge < -0.3 is 5.32 Å². The van der Waals surface area contributed by atoms with Crippen LogP contribution in [0.2, 0.25) is 0 Å². The fourth-order valence-electron chi connectivity index (χ4n) is 3.25. The Morgan fingerprint density at radius 3 is 2.71 bits per heavy atom. The second kappa shape index (κ2) is 6.65. The lowest BCUT2D eigenvalue weighted by atomic mass is 9.90. The first-order valence-electron chi connectivity index (χ1n) is 7.90. The monoisotopic (exact) mass is 343 g/mol. The van der Waals surface area contributed by atoms with Crippen molar-refractivity contribution in [3.63, 3.8) is 0 Å². The zero-order chi connectivity index (χ0) is 14.7. The van der Waals surface area contributed by atoms with Crippen LogP contribution in [0.15, 0.2) is 46.9 Å². The molecule has 1 N–H and O–H groups in total. The van der Waals surface area contributed by atoms with Gasteiger partial charge in [-0.05, 0) is 67.0 Å². The first kappa shape index (κ1) is 14.6. The number of rotatable bonds is 4. The highest BCUT2D eigenvalue weighted by Crippen LogP contribution is 2.31. The number of nitrogens with one attached hydrogen (secondary N) is 1. The van der Waals surface area contributed by atoms with Gasteiger partial charge in [-0.3, -0.25) is 0 Å². The molecular formula is C19H22BrN. The van der Waals surface area contributed by atoms with Crippen LogP contribution in [0.1, 0.15) is 48.9 Å². The number of halogens is 1. The summed E-state index contributed by atoms with van der Waals surface area (Å²) in [5.41, 5.74) is 5.76. The smallest absolute Gasteiger partial charge is 0.0511 e. The van der Waals surface area contributed by atoms with Crippen LogP contribution >= 0.6 is 15.9 Å². The molecule has 2 heteroatoms. The standard InChI is InChI=1S/C19H22BrN/c1-2-18(15-9-5-10-16(20)13-15)21-19-12-6-8-14-7-3-4-11-17(14)19/h5-6,8-10,12-13,18,21H,2-4,7,11H2,1H3. The molecule has 0 fully saturated rings. The third-order valence-corrected chi connectivity index (χ3v) is 4.88. The molecule has 1 nitrogen and oxygen atoms in total. The molecule has 0 saturated heterocycles. The molecule has 1 aliphatic rings. The van der Waals surface area contributed by atoms with Crippen LogP contribution in [0.5, 0.6) is 0 Å². The third kappa shape index (κ3) is 3.32. The fraction of sp³-hybridized carbons (Fsp3) is 0.368. The number of benzene rings is 2. The van der Waals surface area contributed by atoms with Crippen LogP contribution in [0.25, 0.3) is 0 Å². The van der Waals surface area contributed by atoms with Crippen LogP contribution in [-0.4, -0.2) is 0 Å². The summed E-state index contributed by atoms with van der Waals surface area (Å²) in [6.45, 7) is 2.24. The summed E-state index contributed by atoms with van der Waals surface area (Å²) in [7, 11) is 0. The predicted octanol–water partition coefficient (Wildman–Crippen LogP) is 5.89. The van der Waals surface area contributed by atoms with Gasteiger partial charge in [0.2, 0.25) is 0 Å². The minimum Gasteiger partial charge on any atom is -0.378 e. The van der Waals surface area contributed by atoms with E-state index in [9.17, 15) is 0 Å². The van der Waals surface area contributed by atoms with Gasteiger partial charge in [0, 0.05) is 10.2 Å². The quantitative estimate of drug-likeness (QED) is 0.729. The van der Waals surface area contributed by atoms with Crippen LogP contribution in [0.3, 0.4) is 0 Å². The maximum Gasteiger partial charge on any atom is 0.0511 e. The first-order chi connectivity index (χ1) is 10.3. The van der Waals surface area contributed by atoms with E-state index in [0.29, 0.717) is 6.04 Å². The van der Waals surface area contributed by atoms with Gasteiger partial charge >= 0.3 is 0 Å². The molecule has 2 aromatic carbocycles. The topological polar surface area (TPSA) is 12.0 Å². The number of aryl methyl sites for hydroxylation is 1. The van der Waals surface area contributed by atoms with Gasteiger partial charge in [0.05, 0.1) is 6.04 Å². The molecule has 3 rings (SSSR count). The van der Waals surface area contributed by atoms with Crippen LogP contribution < -0.4 is 5.32 Å². The van der Waals surface area contributed by atoms with Gasteiger partial charge in [0.15, 0.2) is 0 Å². The molecule has 1 atom stereocenters. The second-order valence-corrected chi connectivity index (χ2v) is 6.73. The van der Waals surface area contributed by atoms with Gasteiger partial charge in [-0.15, -0.1) is 0 Å². The van der Waals surface area contributed by atoms with E-state index < -0.39 is 0 Å². The highest BCUT2D eigenvalue weighted by Gasteiger charge is 2.16. The van der Waals surface area contributed by atoms with E-state index in [0.717, 1.165) is 10.9 Å². The highest BCUT2D eigenvalue weighted by atomic mass is 79.9. The van der Waals surface area contributed by atoms with Crippen molar-refractivity contribution in [3.8, 4) is 0 Å². The Hall–Kier alpha value is -1.28. The maximum atomic E-state index is 3.78. The van der Waals surface area contributed by atoms with E-state index >= 15 is 0 Å². The Labute approximate surface area is 135 Å². The number of hydrogen-bond donors (Lipinski definition) is 1. The summed E-state index contributed by atoms with van der Waals surface area (Å²) in [5, 5.41) is 3.78. The highest BCUT2D eigenvalue weighted by molar-refractivity contribution is 9.10. The van der Waals surface area contributed by atoms with Gasteiger partial charge in [-0.1, -0.05) is 47.1 Å². The molecule has 0 aromatic heterocycles. The van der Waals surface area contributed by atoms with Crippen molar-refractivity contribution in [1.29, 1.82) is 0 Å². The normalized spacial score (nSPS) is 15.3. The Morgan fingerprint density at radius 1 is 1.10 bits per heavy atom. The molecule has 2 aromatic rings. The Bertz CT molecular complexity index is 621. The number of fused-ring (bicyclic) bond motifs is 1. The molecule has 1 unspecified atom stereocenters. The fourth-order valence-corrected chi connectivity index (χ4v) is 3.67. The van der Waals surface area contributed by atoms with Crippen molar-refractivity contribution in [1.82, 2.24) is 0 Å². The molecule has 21 heavy (non-hydrogen) atoms. The van der Waals surface area contributed by atoms with Crippen molar-refractivity contribution in [2.75, 3.05) is 5.32 Å². The average Bonchev–Trinajstić information content (AvgIpc) is 2.52. The summed E-state index contributed by atoms with van der Waals surface area (Å²) in [6.07, 6.45) is 6.19. The van der Waals surface area contributed by atoms with E-state index in [1.165, 1.54) is 48.1 Å². The number of anilines is 1. The van der Waals surface area contributed by atoms with Crippen molar-refractivity contribution in [2.45, 2.75) is 45.1 Å². The van der Waals surface area contributed by atoms with E-state index in [4.69, 9.17) is 0 Å². The van der Waals surface area contributed by atoms with Gasteiger partial charge in [0.25, 0.3) is 0 Å². The number of hydrogen-bond acceptors (Lipinski definition) is 1. The van der Waals surface area contributed by atoms with Gasteiger partial charge in [-0.25, -0.2) is 0 Å². The summed E-state index contributed by atoms with van der Waals surface area (Å²) < 4.78 is 1.15. The molecular weight excluding hydrogens is 322 g/mol. The summed E-state index contributed by atoms with van der Waals surface area (Å²) in [4.78, 5) is 0. The van der Waals surface area contributed by atoms with Crippen LogP contribution in [0, 0.1) is 0 Å². The molecule has 0 bridgehead atoms. The van der Waals surface area contributed by atoms with Crippen molar-refractivity contribution >= 4 is 21.6 Å². The molecule has 0 saturated carbocycles. The zero-order valence-corrected chi connectivity index (χ0v) is 14.1. The third-order valence-electron chi connectivity index (χ3n) is 4.38. The lowest BCUT2D eigenvalue weighted by Crippen LogP contribution is -2.13. The minimum absolute atomic E-state index is 0.371. The molecule has 1 aliphatic carbocycles. The molecule has 0 radical (unpaired) electrons. The lowest BCUT2D eigenvalue weighted by Gasteiger charge is -2.24. The van der Waals surface area contributed by atoms with Gasteiger partial charge in [0.1, 0.15) is 0 Å². The Kier molecular flexibility index (Phi) is 4.64. The Balaban J connectivity index is 1.88. The van der Waals surface area contributed by atoms with E-state index in [-0.39, 0.29) is 0 Å². The Morgan fingerprint density at radius 2 is 1.90 bits per heavy atom. The maximum absolute atomic E-state index is 3.78. The predicted molar refractivity (Wildman–Crippen MR) is 93.9 cm³/mol. The minimum atomic E-state index is 0.371. The van der Waals surface area contributed by atoms with E-state index in [1.807, 2.05) is 0 Å². The van der Waals surface area contributed by atoms with E-state index in [2.05, 4.69) is 70.6 Å². The summed E-state index contributed by atoms with van der Waals surface area (Å²) >= 11 is 3.58. The molecule has 0 heterocycles. The average molecular weight is 344 g/mol. The van der Waals surface area contributed by atoms with Crippen LogP contribution in [-0.2, 0) is 12.8 Å².